The van der Waals surface area contributed by atoms with Gasteiger partial charge in [-0.25, -0.2) is 0 Å². The van der Waals surface area contributed by atoms with Gasteiger partial charge in [-0.2, -0.15) is 0 Å². The minimum atomic E-state index is -0.662. The van der Waals surface area contributed by atoms with Gasteiger partial charge in [-0.05, 0) is 42.7 Å². The fraction of sp³-hybridized carbons (Fsp3) is 0.300. The molecule has 1 aliphatic heterocycles. The van der Waals surface area contributed by atoms with Crippen LogP contribution in [0.4, 0.5) is 0 Å². The molecule has 5 nitrogen and oxygen atoms in total. The summed E-state index contributed by atoms with van der Waals surface area (Å²) in [5.41, 5.74) is 3.39. The molecule has 2 aromatic rings. The number of nitrogens with zero attached hydrogens (tertiary/aromatic N) is 1. The highest BCUT2D eigenvalue weighted by Gasteiger charge is 2.24. The Morgan fingerprint density at radius 2 is 1.80 bits per heavy atom. The maximum atomic E-state index is 12.3. The maximum absolute atomic E-state index is 12.3. The van der Waals surface area contributed by atoms with Crippen LogP contribution in [0.5, 0.6) is 5.75 Å². The molecule has 3 rings (SSSR count). The topological polar surface area (TPSA) is 58.6 Å². The molecule has 0 bridgehead atoms. The highest BCUT2D eigenvalue weighted by Crippen LogP contribution is 2.21. The lowest BCUT2D eigenvalue weighted by molar-refractivity contribution is -0.135. The van der Waals surface area contributed by atoms with Crippen LogP contribution >= 0.6 is 0 Å². The summed E-state index contributed by atoms with van der Waals surface area (Å²) >= 11 is 0. The van der Waals surface area contributed by atoms with Gasteiger partial charge in [-0.3, -0.25) is 9.59 Å². The Hall–Kier alpha value is -2.82. The van der Waals surface area contributed by atoms with Crippen LogP contribution in [0.15, 0.2) is 48.5 Å². The van der Waals surface area contributed by atoms with Crippen molar-refractivity contribution in [2.24, 2.45) is 0 Å². The lowest BCUT2D eigenvalue weighted by Gasteiger charge is -2.18. The van der Waals surface area contributed by atoms with Crippen molar-refractivity contribution < 1.29 is 14.3 Å². The van der Waals surface area contributed by atoms with Gasteiger partial charge in [0.05, 0.1) is 6.54 Å². The van der Waals surface area contributed by atoms with Crippen LogP contribution in [0.25, 0.3) is 0 Å². The summed E-state index contributed by atoms with van der Waals surface area (Å²) in [5, 5.41) is 2.67. The molecule has 0 spiro atoms. The lowest BCUT2D eigenvalue weighted by Crippen LogP contribution is -2.42. The van der Waals surface area contributed by atoms with Gasteiger partial charge in [0.25, 0.3) is 5.91 Å². The molecule has 2 aromatic carbocycles. The molecule has 1 atom stereocenters. The monoisotopic (exact) mass is 338 g/mol. The molecular formula is C20H22N2O3. The quantitative estimate of drug-likeness (QED) is 0.911. The van der Waals surface area contributed by atoms with E-state index in [1.807, 2.05) is 55.5 Å². The fourth-order valence-electron chi connectivity index (χ4n) is 2.87. The van der Waals surface area contributed by atoms with E-state index < -0.39 is 6.10 Å². The molecule has 0 unspecified atom stereocenters. The Kier molecular flexibility index (Phi) is 5.03. The second-order valence-corrected chi connectivity index (χ2v) is 6.31. The van der Waals surface area contributed by atoms with Gasteiger partial charge in [0.15, 0.2) is 6.10 Å². The lowest BCUT2D eigenvalue weighted by atomic mass is 10.1. The molecule has 2 amide bonds. The number of amides is 2. The predicted molar refractivity (Wildman–Crippen MR) is 95.0 cm³/mol. The summed E-state index contributed by atoms with van der Waals surface area (Å²) in [5.74, 6) is 0.253. The van der Waals surface area contributed by atoms with Crippen molar-refractivity contribution in [3.05, 3.63) is 65.2 Å². The van der Waals surface area contributed by atoms with Crippen molar-refractivity contribution in [1.29, 1.82) is 0 Å². The zero-order valence-electron chi connectivity index (χ0n) is 14.5. The number of ether oxygens (including phenoxy) is 1. The van der Waals surface area contributed by atoms with E-state index in [0.717, 1.165) is 5.56 Å². The first-order valence-corrected chi connectivity index (χ1v) is 8.38. The second-order valence-electron chi connectivity index (χ2n) is 6.31. The molecule has 0 radical (unpaired) electrons. The van der Waals surface area contributed by atoms with Crippen LogP contribution in [-0.2, 0) is 22.7 Å². The third-order valence-corrected chi connectivity index (χ3v) is 4.28. The standard InChI is InChI=1S/C20H22N2O3/c1-14-6-5-9-18(10-14)25-15(2)20(24)21-11-19(23)22-12-16-7-3-4-8-17(16)13-22/h3-10,15H,11-13H2,1-2H3,(H,21,24)/t15-/m1/s1. The number of carbonyl (C=O) groups excluding carboxylic acids is 2. The van der Waals surface area contributed by atoms with Gasteiger partial charge in [0.1, 0.15) is 5.75 Å². The normalized spacial score (nSPS) is 13.9. The number of rotatable bonds is 5. The maximum Gasteiger partial charge on any atom is 0.261 e. The molecule has 1 N–H and O–H groups in total. The van der Waals surface area contributed by atoms with E-state index in [0.29, 0.717) is 18.8 Å². The number of benzene rings is 2. The van der Waals surface area contributed by atoms with E-state index in [2.05, 4.69) is 5.32 Å². The Morgan fingerprint density at radius 1 is 1.12 bits per heavy atom. The van der Waals surface area contributed by atoms with Gasteiger partial charge >= 0.3 is 0 Å². The number of nitrogens with one attached hydrogen (secondary N) is 1. The van der Waals surface area contributed by atoms with E-state index in [1.165, 1.54) is 11.1 Å². The molecule has 0 saturated carbocycles. The summed E-state index contributed by atoms with van der Waals surface area (Å²) < 4.78 is 5.63. The van der Waals surface area contributed by atoms with Gasteiger partial charge in [0.2, 0.25) is 5.91 Å². The van der Waals surface area contributed by atoms with Crippen LogP contribution < -0.4 is 10.1 Å². The van der Waals surface area contributed by atoms with Crippen molar-refractivity contribution in [1.82, 2.24) is 10.2 Å². The van der Waals surface area contributed by atoms with E-state index in [9.17, 15) is 9.59 Å². The highest BCUT2D eigenvalue weighted by atomic mass is 16.5. The molecule has 1 heterocycles. The minimum Gasteiger partial charge on any atom is -0.481 e. The van der Waals surface area contributed by atoms with Crippen LogP contribution in [0.3, 0.4) is 0 Å². The molecule has 5 heteroatoms. The average Bonchev–Trinajstić information content (AvgIpc) is 3.03. The number of hydrogen-bond acceptors (Lipinski definition) is 3. The van der Waals surface area contributed by atoms with Gasteiger partial charge < -0.3 is 15.0 Å². The van der Waals surface area contributed by atoms with Crippen molar-refractivity contribution in [2.75, 3.05) is 6.54 Å². The summed E-state index contributed by atoms with van der Waals surface area (Å²) in [6.07, 6.45) is -0.662. The van der Waals surface area contributed by atoms with Crippen LogP contribution in [0.1, 0.15) is 23.6 Å². The molecule has 25 heavy (non-hydrogen) atoms. The van der Waals surface area contributed by atoms with Crippen LogP contribution in [0, 0.1) is 6.92 Å². The second kappa shape index (κ2) is 7.38. The van der Waals surface area contributed by atoms with Crippen LogP contribution in [-0.4, -0.2) is 29.4 Å². The molecule has 0 aromatic heterocycles. The molecule has 0 aliphatic carbocycles. The highest BCUT2D eigenvalue weighted by molar-refractivity contribution is 5.87. The van der Waals surface area contributed by atoms with E-state index in [4.69, 9.17) is 4.74 Å². The fourth-order valence-corrected chi connectivity index (χ4v) is 2.87. The zero-order chi connectivity index (χ0) is 17.8. The third-order valence-electron chi connectivity index (χ3n) is 4.28. The average molecular weight is 338 g/mol. The summed E-state index contributed by atoms with van der Waals surface area (Å²) in [6.45, 7) is 4.81. The molecule has 130 valence electrons. The predicted octanol–water partition coefficient (Wildman–Crippen LogP) is 2.42. The Labute approximate surface area is 147 Å². The number of hydrogen-bond donors (Lipinski definition) is 1. The summed E-state index contributed by atoms with van der Waals surface area (Å²) in [4.78, 5) is 26.2. The minimum absolute atomic E-state index is 0.0195. The first-order valence-electron chi connectivity index (χ1n) is 8.38. The zero-order valence-corrected chi connectivity index (χ0v) is 14.5. The van der Waals surface area contributed by atoms with Crippen molar-refractivity contribution in [2.45, 2.75) is 33.0 Å². The Bertz CT molecular complexity index is 763. The third kappa shape index (κ3) is 4.18. The summed E-state index contributed by atoms with van der Waals surface area (Å²) in [7, 11) is 0. The van der Waals surface area contributed by atoms with Gasteiger partial charge in [0, 0.05) is 13.1 Å². The Balaban J connectivity index is 1.48. The van der Waals surface area contributed by atoms with Crippen LogP contribution in [0.2, 0.25) is 0 Å². The van der Waals surface area contributed by atoms with E-state index in [-0.39, 0.29) is 18.4 Å². The number of fused-ring (bicyclic) bond motifs is 1. The van der Waals surface area contributed by atoms with E-state index >= 15 is 0 Å². The van der Waals surface area contributed by atoms with Gasteiger partial charge in [-0.1, -0.05) is 36.4 Å². The van der Waals surface area contributed by atoms with E-state index in [1.54, 1.807) is 11.8 Å². The molecule has 0 saturated heterocycles. The number of aryl methyl sites for hydroxylation is 1. The first kappa shape index (κ1) is 17.0. The number of carbonyl (C=O) groups is 2. The molecular weight excluding hydrogens is 316 g/mol. The smallest absolute Gasteiger partial charge is 0.261 e. The largest absolute Gasteiger partial charge is 0.481 e. The van der Waals surface area contributed by atoms with Crippen molar-refractivity contribution >= 4 is 11.8 Å². The summed E-state index contributed by atoms with van der Waals surface area (Å²) in [6, 6.07) is 15.5. The SMILES string of the molecule is Cc1cccc(O[C@H](C)C(=O)NCC(=O)N2Cc3ccccc3C2)c1. The molecule has 0 fully saturated rings. The van der Waals surface area contributed by atoms with Gasteiger partial charge in [-0.15, -0.1) is 0 Å². The first-order chi connectivity index (χ1) is 12.0. The molecule has 1 aliphatic rings. The van der Waals surface area contributed by atoms with Crippen molar-refractivity contribution in [3.8, 4) is 5.75 Å². The van der Waals surface area contributed by atoms with Crippen molar-refractivity contribution in [3.63, 3.8) is 0 Å². The Morgan fingerprint density at radius 3 is 2.44 bits per heavy atom.